The number of amides is 1. The first-order valence-electron chi connectivity index (χ1n) is 11.5. The molecule has 0 atom stereocenters. The molecule has 4 N–H and O–H groups in total. The lowest BCUT2D eigenvalue weighted by Gasteiger charge is -2.29. The number of aryl methyl sites for hydroxylation is 1. The zero-order chi connectivity index (χ0) is 22.5. The van der Waals surface area contributed by atoms with Crippen molar-refractivity contribution in [1.82, 2.24) is 25.1 Å². The Balaban J connectivity index is 1.30. The molecule has 32 heavy (non-hydrogen) atoms. The van der Waals surface area contributed by atoms with E-state index in [1.54, 1.807) is 6.20 Å². The number of nitrogens with two attached hydrogens (primary N) is 1. The molecule has 0 unspecified atom stereocenters. The molecule has 174 valence electrons. The van der Waals surface area contributed by atoms with Crippen molar-refractivity contribution in [2.45, 2.75) is 63.5 Å². The molecule has 9 nitrogen and oxygen atoms in total. The Morgan fingerprint density at radius 3 is 2.69 bits per heavy atom. The van der Waals surface area contributed by atoms with Gasteiger partial charge < -0.3 is 21.1 Å². The summed E-state index contributed by atoms with van der Waals surface area (Å²) in [7, 11) is 1.98. The van der Waals surface area contributed by atoms with Crippen LogP contribution in [0.1, 0.15) is 50.6 Å². The summed E-state index contributed by atoms with van der Waals surface area (Å²) >= 11 is 6.48. The van der Waals surface area contributed by atoms with Gasteiger partial charge in [-0.1, -0.05) is 11.6 Å². The molecular formula is C22H32ClN7O2. The van der Waals surface area contributed by atoms with Crippen LogP contribution in [-0.2, 0) is 18.2 Å². The van der Waals surface area contributed by atoms with Gasteiger partial charge in [-0.15, -0.1) is 0 Å². The van der Waals surface area contributed by atoms with Gasteiger partial charge in [-0.2, -0.15) is 5.10 Å². The fourth-order valence-electron chi connectivity index (χ4n) is 4.30. The van der Waals surface area contributed by atoms with Gasteiger partial charge in [-0.25, -0.2) is 14.8 Å². The molecule has 2 aliphatic carbocycles. The van der Waals surface area contributed by atoms with E-state index in [9.17, 15) is 4.79 Å². The maximum absolute atomic E-state index is 10.6. The van der Waals surface area contributed by atoms with E-state index >= 15 is 0 Å². The predicted molar refractivity (Wildman–Crippen MR) is 123 cm³/mol. The lowest BCUT2D eigenvalue weighted by Crippen LogP contribution is -2.38. The van der Waals surface area contributed by atoms with Crippen LogP contribution in [0.15, 0.2) is 12.4 Å². The topological polar surface area (TPSA) is 120 Å². The number of halogens is 1. The van der Waals surface area contributed by atoms with Gasteiger partial charge in [0.1, 0.15) is 0 Å². The molecule has 0 radical (unpaired) electrons. The molecular weight excluding hydrogens is 430 g/mol. The molecule has 2 fully saturated rings. The minimum Gasteiger partial charge on any atom is -0.450 e. The summed E-state index contributed by atoms with van der Waals surface area (Å²) in [5.74, 6) is 1.37. The Morgan fingerprint density at radius 2 is 1.97 bits per heavy atom. The number of carbonyl (C=O) groups excluding carboxylic acids is 1. The molecule has 1 amide bonds. The highest BCUT2D eigenvalue weighted by Crippen LogP contribution is 2.37. The van der Waals surface area contributed by atoms with Gasteiger partial charge in [0.15, 0.2) is 0 Å². The normalized spacial score (nSPS) is 20.8. The fraction of sp³-hybridized carbons (Fsp3) is 0.636. The molecule has 0 aromatic carbocycles. The van der Waals surface area contributed by atoms with Gasteiger partial charge in [0.25, 0.3) is 0 Å². The van der Waals surface area contributed by atoms with Gasteiger partial charge >= 0.3 is 6.09 Å². The van der Waals surface area contributed by atoms with E-state index in [1.807, 2.05) is 17.9 Å². The predicted octanol–water partition coefficient (Wildman–Crippen LogP) is 3.28. The second-order valence-corrected chi connectivity index (χ2v) is 9.24. The van der Waals surface area contributed by atoms with E-state index in [0.29, 0.717) is 29.7 Å². The molecule has 0 aliphatic heterocycles. The van der Waals surface area contributed by atoms with Gasteiger partial charge in [-0.05, 0) is 63.8 Å². The highest BCUT2D eigenvalue weighted by atomic mass is 35.5. The maximum atomic E-state index is 10.6. The molecule has 0 saturated heterocycles. The van der Waals surface area contributed by atoms with Gasteiger partial charge in [0.2, 0.25) is 5.95 Å². The summed E-state index contributed by atoms with van der Waals surface area (Å²) in [6, 6.07) is 0.809. The van der Waals surface area contributed by atoms with Crippen molar-refractivity contribution in [2.75, 3.05) is 18.5 Å². The highest BCUT2D eigenvalue weighted by molar-refractivity contribution is 6.32. The highest BCUT2D eigenvalue weighted by Gasteiger charge is 2.26. The fourth-order valence-corrected chi connectivity index (χ4v) is 4.49. The van der Waals surface area contributed by atoms with Crippen LogP contribution in [0.2, 0.25) is 5.02 Å². The maximum Gasteiger partial charge on any atom is 0.404 e. The third-order valence-electron chi connectivity index (χ3n) is 6.30. The molecule has 2 aromatic heterocycles. The number of nitrogens with one attached hydrogen (secondary N) is 2. The second kappa shape index (κ2) is 10.5. The van der Waals surface area contributed by atoms with Gasteiger partial charge in [-0.3, -0.25) is 4.68 Å². The molecule has 0 spiro atoms. The zero-order valence-corrected chi connectivity index (χ0v) is 19.3. The van der Waals surface area contributed by atoms with Crippen molar-refractivity contribution >= 4 is 23.6 Å². The van der Waals surface area contributed by atoms with Crippen molar-refractivity contribution in [3.8, 4) is 11.3 Å². The van der Waals surface area contributed by atoms with E-state index in [2.05, 4.69) is 20.7 Å². The smallest absolute Gasteiger partial charge is 0.404 e. The summed E-state index contributed by atoms with van der Waals surface area (Å²) in [5, 5.41) is 12.0. The first kappa shape index (κ1) is 22.8. The Labute approximate surface area is 193 Å². The largest absolute Gasteiger partial charge is 0.450 e. The monoisotopic (exact) mass is 461 g/mol. The number of hydrogen-bond donors (Lipinski definition) is 3. The van der Waals surface area contributed by atoms with Crippen LogP contribution in [0.3, 0.4) is 0 Å². The van der Waals surface area contributed by atoms with Crippen LogP contribution in [-0.4, -0.2) is 51.1 Å². The second-order valence-electron chi connectivity index (χ2n) is 8.83. The van der Waals surface area contributed by atoms with Crippen molar-refractivity contribution in [1.29, 1.82) is 0 Å². The third-order valence-corrected chi connectivity index (χ3v) is 6.58. The minimum absolute atomic E-state index is 0.333. The number of ether oxygens (including phenoxy) is 1. The van der Waals surface area contributed by atoms with E-state index in [0.717, 1.165) is 62.2 Å². The Morgan fingerprint density at radius 1 is 1.22 bits per heavy atom. The minimum atomic E-state index is -0.716. The van der Waals surface area contributed by atoms with Crippen molar-refractivity contribution in [3.63, 3.8) is 0 Å². The lowest BCUT2D eigenvalue weighted by atomic mass is 9.91. The van der Waals surface area contributed by atoms with Crippen LogP contribution >= 0.6 is 11.6 Å². The van der Waals surface area contributed by atoms with Gasteiger partial charge in [0, 0.05) is 30.4 Å². The first-order chi connectivity index (χ1) is 15.5. The molecule has 4 rings (SSSR count). The van der Waals surface area contributed by atoms with Crippen LogP contribution < -0.4 is 16.4 Å². The number of nitrogens with zero attached hydrogens (tertiary/aromatic N) is 4. The Hall–Kier alpha value is -2.39. The summed E-state index contributed by atoms with van der Waals surface area (Å²) in [6.07, 6.45) is 11.4. The first-order valence-corrected chi connectivity index (χ1v) is 11.8. The van der Waals surface area contributed by atoms with Crippen LogP contribution in [0, 0.1) is 5.92 Å². The summed E-state index contributed by atoms with van der Waals surface area (Å²) in [5.41, 5.74) is 7.91. The third kappa shape index (κ3) is 6.10. The number of rotatable bonds is 10. The van der Waals surface area contributed by atoms with Crippen molar-refractivity contribution < 1.29 is 9.53 Å². The van der Waals surface area contributed by atoms with Crippen molar-refractivity contribution in [2.24, 2.45) is 18.7 Å². The van der Waals surface area contributed by atoms with Crippen LogP contribution in [0.5, 0.6) is 0 Å². The average Bonchev–Trinajstić information content (AvgIpc) is 3.52. The summed E-state index contributed by atoms with van der Waals surface area (Å²) < 4.78 is 6.69. The van der Waals surface area contributed by atoms with E-state index in [1.165, 1.54) is 18.5 Å². The number of carbonyl (C=O) groups is 1. The lowest BCUT2D eigenvalue weighted by molar-refractivity contribution is 0.154. The molecule has 2 heterocycles. The zero-order valence-electron chi connectivity index (χ0n) is 18.5. The van der Waals surface area contributed by atoms with E-state index in [4.69, 9.17) is 27.1 Å². The van der Waals surface area contributed by atoms with Crippen molar-refractivity contribution in [3.05, 3.63) is 23.1 Å². The van der Waals surface area contributed by atoms with Gasteiger partial charge in [0.05, 0.1) is 29.7 Å². The molecule has 0 bridgehead atoms. The average molecular weight is 462 g/mol. The number of hydrogen-bond acceptors (Lipinski definition) is 7. The Bertz CT molecular complexity index is 923. The molecule has 2 saturated carbocycles. The van der Waals surface area contributed by atoms with Crippen LogP contribution in [0.4, 0.5) is 10.7 Å². The van der Waals surface area contributed by atoms with E-state index in [-0.39, 0.29) is 0 Å². The standard InChI is InChI=1S/C22H32ClN7O2/c1-30-19(11-14-3-4-14)17(12-27-30)20-18(23)13-26-22(29-20)28-16-7-5-15(6-8-16)25-9-2-10-32-21(24)31/h12-16,25H,2-11H2,1H3,(H2,24,31)(H,26,28,29)/t15-,16-. The summed E-state index contributed by atoms with van der Waals surface area (Å²) in [4.78, 5) is 19.8. The summed E-state index contributed by atoms with van der Waals surface area (Å²) in [6.45, 7) is 1.17. The number of aromatic nitrogens is 4. The number of anilines is 1. The molecule has 2 aliphatic rings. The number of primary amides is 1. The SMILES string of the molecule is Cn1ncc(-c2nc(N[C@H]3CC[C@H](NCCCOC(N)=O)CC3)ncc2Cl)c1CC1CC1. The molecule has 10 heteroatoms. The quantitative estimate of drug-likeness (QED) is 0.464. The van der Waals surface area contributed by atoms with Crippen LogP contribution in [0.25, 0.3) is 11.3 Å². The molecule has 2 aromatic rings. The van der Waals surface area contributed by atoms with E-state index < -0.39 is 6.09 Å². The Kier molecular flexibility index (Phi) is 7.47.